The number of nitrogens with zero attached hydrogens (tertiary/aromatic N) is 1. The van der Waals surface area contributed by atoms with Gasteiger partial charge in [0, 0.05) is 17.1 Å². The quantitative estimate of drug-likeness (QED) is 0.654. The number of carbonyl (C=O) groups is 1. The van der Waals surface area contributed by atoms with E-state index in [-0.39, 0.29) is 23.4 Å². The van der Waals surface area contributed by atoms with Crippen LogP contribution in [0.5, 0.6) is 0 Å². The Morgan fingerprint density at radius 2 is 2.08 bits per heavy atom. The van der Waals surface area contributed by atoms with E-state index in [0.717, 1.165) is 0 Å². The summed E-state index contributed by atoms with van der Waals surface area (Å²) in [7, 11) is 0. The van der Waals surface area contributed by atoms with Crippen LogP contribution < -0.4 is 5.32 Å². The fraction of sp³-hybridized carbons (Fsp3) is 0.111. The maximum atomic E-state index is 13.9. The molecule has 0 aliphatic heterocycles. The van der Waals surface area contributed by atoms with Gasteiger partial charge >= 0.3 is 0 Å². The van der Waals surface area contributed by atoms with Gasteiger partial charge in [-0.25, -0.2) is 4.39 Å². The van der Waals surface area contributed by atoms with Gasteiger partial charge in [0.25, 0.3) is 5.91 Å². The first-order valence-electron chi connectivity index (χ1n) is 7.56. The predicted molar refractivity (Wildman–Crippen MR) is 92.7 cm³/mol. The van der Waals surface area contributed by atoms with Crippen LogP contribution in [0, 0.1) is 5.82 Å². The molecule has 0 aliphatic carbocycles. The van der Waals surface area contributed by atoms with Crippen LogP contribution in [0.25, 0.3) is 11.3 Å². The van der Waals surface area contributed by atoms with Crippen LogP contribution in [-0.2, 0) is 0 Å². The van der Waals surface area contributed by atoms with Crippen LogP contribution in [0.15, 0.2) is 54.7 Å². The number of halogens is 2. The van der Waals surface area contributed by atoms with E-state index in [9.17, 15) is 14.3 Å². The summed E-state index contributed by atoms with van der Waals surface area (Å²) in [6, 6.07) is 12.9. The van der Waals surface area contributed by atoms with Crippen LogP contribution in [-0.4, -0.2) is 27.8 Å². The molecular formula is C18H15ClFN3O2. The summed E-state index contributed by atoms with van der Waals surface area (Å²) in [6.45, 7) is -0.0128. The number of rotatable bonds is 5. The number of carbonyl (C=O) groups excluding carboxylic acids is 1. The van der Waals surface area contributed by atoms with E-state index in [0.29, 0.717) is 10.6 Å². The Morgan fingerprint density at radius 3 is 2.84 bits per heavy atom. The largest absolute Gasteiger partial charge is 0.387 e. The Hall–Kier alpha value is -2.70. The zero-order valence-electron chi connectivity index (χ0n) is 13.0. The lowest BCUT2D eigenvalue weighted by atomic mass is 10.1. The van der Waals surface area contributed by atoms with Gasteiger partial charge in [-0.2, -0.15) is 5.10 Å². The molecule has 25 heavy (non-hydrogen) atoms. The summed E-state index contributed by atoms with van der Waals surface area (Å²) in [4.78, 5) is 12.4. The van der Waals surface area contributed by atoms with Crippen LogP contribution in [0.3, 0.4) is 0 Å². The fourth-order valence-corrected chi connectivity index (χ4v) is 2.64. The maximum absolute atomic E-state index is 13.9. The molecule has 0 saturated carbocycles. The van der Waals surface area contributed by atoms with E-state index in [1.54, 1.807) is 42.5 Å². The van der Waals surface area contributed by atoms with Gasteiger partial charge in [-0.05, 0) is 29.8 Å². The summed E-state index contributed by atoms with van der Waals surface area (Å²) in [5.41, 5.74) is 1.33. The van der Waals surface area contributed by atoms with Gasteiger partial charge in [0.2, 0.25) is 0 Å². The third-order valence-electron chi connectivity index (χ3n) is 3.72. The van der Waals surface area contributed by atoms with Gasteiger partial charge in [0.1, 0.15) is 5.82 Å². The topological polar surface area (TPSA) is 78.0 Å². The lowest BCUT2D eigenvalue weighted by Gasteiger charge is -2.12. The number of amides is 1. The van der Waals surface area contributed by atoms with E-state index >= 15 is 0 Å². The minimum Gasteiger partial charge on any atom is -0.387 e. The lowest BCUT2D eigenvalue weighted by molar-refractivity contribution is 0.0917. The molecule has 3 aromatic rings. The second-order valence-electron chi connectivity index (χ2n) is 5.42. The number of hydrogen-bond acceptors (Lipinski definition) is 3. The summed E-state index contributed by atoms with van der Waals surface area (Å²) >= 11 is 5.89. The Kier molecular flexibility index (Phi) is 5.11. The van der Waals surface area contributed by atoms with Gasteiger partial charge in [0.15, 0.2) is 0 Å². The molecule has 1 amide bonds. The summed E-state index contributed by atoms with van der Waals surface area (Å²) in [5, 5.41) is 19.7. The molecular weight excluding hydrogens is 345 g/mol. The molecule has 0 radical (unpaired) electrons. The highest BCUT2D eigenvalue weighted by atomic mass is 35.5. The molecule has 0 saturated heterocycles. The second kappa shape index (κ2) is 7.46. The second-order valence-corrected chi connectivity index (χ2v) is 5.86. The van der Waals surface area contributed by atoms with Crippen molar-refractivity contribution in [2.75, 3.05) is 6.54 Å². The van der Waals surface area contributed by atoms with Crippen molar-refractivity contribution in [2.45, 2.75) is 6.10 Å². The smallest absolute Gasteiger partial charge is 0.255 e. The number of aromatic amines is 1. The van der Waals surface area contributed by atoms with E-state index in [2.05, 4.69) is 15.5 Å². The Bertz CT molecular complexity index is 897. The number of nitrogens with one attached hydrogen (secondary N) is 2. The van der Waals surface area contributed by atoms with Crippen LogP contribution >= 0.6 is 11.6 Å². The Balaban J connectivity index is 1.73. The van der Waals surface area contributed by atoms with Gasteiger partial charge in [-0.15, -0.1) is 0 Å². The number of H-pyrrole nitrogens is 1. The summed E-state index contributed by atoms with van der Waals surface area (Å²) < 4.78 is 13.9. The van der Waals surface area contributed by atoms with Crippen LogP contribution in [0.4, 0.5) is 4.39 Å². The first kappa shape index (κ1) is 17.1. The van der Waals surface area contributed by atoms with E-state index in [1.807, 2.05) is 0 Å². The van der Waals surface area contributed by atoms with Crippen molar-refractivity contribution < 1.29 is 14.3 Å². The summed E-state index contributed by atoms with van der Waals surface area (Å²) in [5.74, 6) is -0.923. The van der Waals surface area contributed by atoms with Crippen LogP contribution in [0.2, 0.25) is 5.02 Å². The minimum absolute atomic E-state index is 0.0128. The molecule has 128 valence electrons. The van der Waals surface area contributed by atoms with Crippen molar-refractivity contribution in [1.82, 2.24) is 15.5 Å². The normalized spacial score (nSPS) is 12.0. The van der Waals surface area contributed by atoms with E-state index in [1.165, 1.54) is 12.3 Å². The van der Waals surface area contributed by atoms with Crippen molar-refractivity contribution in [1.29, 1.82) is 0 Å². The minimum atomic E-state index is -0.911. The van der Waals surface area contributed by atoms with Crippen molar-refractivity contribution in [3.05, 3.63) is 76.7 Å². The Morgan fingerprint density at radius 1 is 1.28 bits per heavy atom. The van der Waals surface area contributed by atoms with Crippen molar-refractivity contribution in [3.63, 3.8) is 0 Å². The molecule has 0 aliphatic rings. The zero-order valence-corrected chi connectivity index (χ0v) is 13.8. The van der Waals surface area contributed by atoms with Gasteiger partial charge in [-0.3, -0.25) is 9.89 Å². The molecule has 7 heteroatoms. The molecule has 3 rings (SSSR count). The molecule has 2 aromatic carbocycles. The summed E-state index contributed by atoms with van der Waals surface area (Å²) in [6.07, 6.45) is 0.412. The Labute approximate surface area is 148 Å². The first-order valence-corrected chi connectivity index (χ1v) is 7.94. The lowest BCUT2D eigenvalue weighted by Crippen LogP contribution is -2.28. The SMILES string of the molecule is O=C(NCC(O)c1cccc(Cl)c1)c1cn[nH]c1-c1ccccc1F. The first-order chi connectivity index (χ1) is 12.1. The molecule has 0 fully saturated rings. The number of aliphatic hydroxyl groups excluding tert-OH is 1. The molecule has 1 unspecified atom stereocenters. The molecule has 1 aromatic heterocycles. The highest BCUT2D eigenvalue weighted by Crippen LogP contribution is 2.24. The highest BCUT2D eigenvalue weighted by molar-refractivity contribution is 6.30. The molecule has 0 spiro atoms. The van der Waals surface area contributed by atoms with Gasteiger partial charge < -0.3 is 10.4 Å². The predicted octanol–water partition coefficient (Wildman–Crippen LogP) is 3.33. The monoisotopic (exact) mass is 359 g/mol. The van der Waals surface area contributed by atoms with Gasteiger partial charge in [-0.1, -0.05) is 35.9 Å². The average Bonchev–Trinajstić information content (AvgIpc) is 3.09. The fourth-order valence-electron chi connectivity index (χ4n) is 2.44. The van der Waals surface area contributed by atoms with Crippen molar-refractivity contribution >= 4 is 17.5 Å². The van der Waals surface area contributed by atoms with Crippen molar-refractivity contribution in [3.8, 4) is 11.3 Å². The molecule has 1 atom stereocenters. The van der Waals surface area contributed by atoms with Crippen molar-refractivity contribution in [2.24, 2.45) is 0 Å². The maximum Gasteiger partial charge on any atom is 0.255 e. The molecule has 0 bridgehead atoms. The van der Waals surface area contributed by atoms with E-state index < -0.39 is 17.8 Å². The van der Waals surface area contributed by atoms with E-state index in [4.69, 9.17) is 11.6 Å². The zero-order chi connectivity index (χ0) is 17.8. The third kappa shape index (κ3) is 3.87. The molecule has 5 nitrogen and oxygen atoms in total. The average molecular weight is 360 g/mol. The molecule has 3 N–H and O–H groups in total. The van der Waals surface area contributed by atoms with Gasteiger partial charge in [0.05, 0.1) is 23.6 Å². The number of aliphatic hydroxyl groups is 1. The number of aromatic nitrogens is 2. The molecule has 1 heterocycles. The number of hydrogen-bond donors (Lipinski definition) is 3. The highest BCUT2D eigenvalue weighted by Gasteiger charge is 2.18. The standard InChI is InChI=1S/C18H15ClFN3O2/c19-12-5-3-4-11(8-12)16(24)10-21-18(25)14-9-22-23-17(14)13-6-1-2-7-15(13)20/h1-9,16,24H,10H2,(H,21,25)(H,22,23). The number of benzene rings is 2. The van der Waals surface area contributed by atoms with Crippen LogP contribution in [0.1, 0.15) is 22.0 Å². The third-order valence-corrected chi connectivity index (χ3v) is 3.95.